The van der Waals surface area contributed by atoms with Gasteiger partial charge >= 0.3 is 0 Å². The van der Waals surface area contributed by atoms with E-state index in [2.05, 4.69) is 10.3 Å². The van der Waals surface area contributed by atoms with Gasteiger partial charge in [0.15, 0.2) is 0 Å². The molecule has 0 radical (unpaired) electrons. The van der Waals surface area contributed by atoms with Gasteiger partial charge in [0.2, 0.25) is 5.91 Å². The number of thiazole rings is 1. The third-order valence-electron chi connectivity index (χ3n) is 4.28. The van der Waals surface area contributed by atoms with E-state index in [0.717, 1.165) is 21.5 Å². The van der Waals surface area contributed by atoms with Crippen molar-refractivity contribution in [1.29, 1.82) is 0 Å². The SMILES string of the molecule is COCCOc1cc(-c2cncs2)nc2ccc(NC(=O)C3COC3)cc12. The number of benzene rings is 1. The molecule has 0 atom stereocenters. The van der Waals surface area contributed by atoms with Crippen LogP contribution in [0, 0.1) is 5.92 Å². The first-order valence-corrected chi connectivity index (χ1v) is 9.46. The molecule has 0 bridgehead atoms. The van der Waals surface area contributed by atoms with E-state index in [1.807, 2.05) is 24.3 Å². The highest BCUT2D eigenvalue weighted by molar-refractivity contribution is 7.13. The Morgan fingerprint density at radius 3 is 2.93 bits per heavy atom. The van der Waals surface area contributed by atoms with E-state index < -0.39 is 0 Å². The first kappa shape index (κ1) is 17.8. The molecule has 3 aromatic rings. The number of rotatable bonds is 7. The van der Waals surface area contributed by atoms with E-state index in [1.165, 1.54) is 11.3 Å². The summed E-state index contributed by atoms with van der Waals surface area (Å²) in [7, 11) is 1.63. The summed E-state index contributed by atoms with van der Waals surface area (Å²) in [6.07, 6.45) is 1.78. The van der Waals surface area contributed by atoms with E-state index in [9.17, 15) is 4.79 Å². The van der Waals surface area contributed by atoms with Crippen LogP contribution in [0.15, 0.2) is 36.0 Å². The topological polar surface area (TPSA) is 82.6 Å². The lowest BCUT2D eigenvalue weighted by atomic mass is 10.1. The fraction of sp³-hybridized carbons (Fsp3) is 0.316. The fourth-order valence-electron chi connectivity index (χ4n) is 2.73. The van der Waals surface area contributed by atoms with Crippen molar-refractivity contribution in [3.63, 3.8) is 0 Å². The van der Waals surface area contributed by atoms with Crippen molar-refractivity contribution in [2.45, 2.75) is 0 Å². The molecule has 2 aromatic heterocycles. The maximum atomic E-state index is 12.2. The number of carbonyl (C=O) groups excluding carboxylic acids is 1. The van der Waals surface area contributed by atoms with E-state index in [4.69, 9.17) is 19.2 Å². The summed E-state index contributed by atoms with van der Waals surface area (Å²) in [4.78, 5) is 22.0. The van der Waals surface area contributed by atoms with E-state index in [0.29, 0.717) is 37.9 Å². The van der Waals surface area contributed by atoms with Crippen LogP contribution in [0.3, 0.4) is 0 Å². The van der Waals surface area contributed by atoms with Gasteiger partial charge in [-0.2, -0.15) is 0 Å². The van der Waals surface area contributed by atoms with Crippen LogP contribution in [0.25, 0.3) is 21.5 Å². The van der Waals surface area contributed by atoms with Crippen molar-refractivity contribution in [1.82, 2.24) is 9.97 Å². The Morgan fingerprint density at radius 2 is 2.22 bits per heavy atom. The third kappa shape index (κ3) is 3.92. The van der Waals surface area contributed by atoms with Crippen LogP contribution in [0.2, 0.25) is 0 Å². The zero-order chi connectivity index (χ0) is 18.6. The second-order valence-corrected chi connectivity index (χ2v) is 7.05. The van der Waals surface area contributed by atoms with Crippen molar-refractivity contribution >= 4 is 33.8 Å². The number of anilines is 1. The van der Waals surface area contributed by atoms with Gasteiger partial charge in [0.05, 0.1) is 47.3 Å². The minimum Gasteiger partial charge on any atom is -0.490 e. The molecular formula is C19H19N3O4S. The number of pyridine rings is 1. The summed E-state index contributed by atoms with van der Waals surface area (Å²) in [5, 5.41) is 3.77. The number of hydrogen-bond donors (Lipinski definition) is 1. The molecule has 3 heterocycles. The minimum atomic E-state index is -0.0788. The number of amides is 1. The van der Waals surface area contributed by atoms with Crippen molar-refractivity contribution in [2.75, 3.05) is 38.9 Å². The second kappa shape index (κ2) is 7.99. The lowest BCUT2D eigenvalue weighted by molar-refractivity contribution is -0.133. The number of methoxy groups -OCH3 is 1. The Morgan fingerprint density at radius 1 is 1.33 bits per heavy atom. The first-order valence-electron chi connectivity index (χ1n) is 8.58. The number of nitrogens with one attached hydrogen (secondary N) is 1. The van der Waals surface area contributed by atoms with Gasteiger partial charge in [-0.05, 0) is 18.2 Å². The molecule has 140 valence electrons. The highest BCUT2D eigenvalue weighted by atomic mass is 32.1. The van der Waals surface area contributed by atoms with Gasteiger partial charge in [0, 0.05) is 30.4 Å². The second-order valence-electron chi connectivity index (χ2n) is 6.17. The van der Waals surface area contributed by atoms with Gasteiger partial charge in [-0.25, -0.2) is 4.98 Å². The molecule has 1 amide bonds. The van der Waals surface area contributed by atoms with Crippen molar-refractivity contribution in [2.24, 2.45) is 5.92 Å². The molecule has 0 saturated carbocycles. The lowest BCUT2D eigenvalue weighted by Gasteiger charge is -2.24. The standard InChI is InChI=1S/C19H19N3O4S/c1-24-4-5-26-17-7-16(18-8-20-11-27-18)22-15-3-2-13(6-14(15)17)21-19(23)12-9-25-10-12/h2-3,6-8,11-12H,4-5,9-10H2,1H3,(H,21,23). The predicted octanol–water partition coefficient (Wildman–Crippen LogP) is 2.97. The molecular weight excluding hydrogens is 366 g/mol. The fourth-order valence-corrected chi connectivity index (χ4v) is 3.31. The molecule has 0 aliphatic carbocycles. The monoisotopic (exact) mass is 385 g/mol. The largest absolute Gasteiger partial charge is 0.490 e. The van der Waals surface area contributed by atoms with Gasteiger partial charge in [-0.3, -0.25) is 9.78 Å². The number of hydrogen-bond acceptors (Lipinski definition) is 7. The zero-order valence-electron chi connectivity index (χ0n) is 14.8. The Balaban J connectivity index is 1.68. The van der Waals surface area contributed by atoms with Crippen LogP contribution >= 0.6 is 11.3 Å². The van der Waals surface area contributed by atoms with Crippen LogP contribution in [0.4, 0.5) is 5.69 Å². The molecule has 0 unspecified atom stereocenters. The number of aromatic nitrogens is 2. The maximum Gasteiger partial charge on any atom is 0.232 e. The summed E-state index contributed by atoms with van der Waals surface area (Å²) in [6.45, 7) is 1.86. The molecule has 1 aromatic carbocycles. The summed E-state index contributed by atoms with van der Waals surface area (Å²) in [6, 6.07) is 7.52. The first-order chi connectivity index (χ1) is 13.2. The van der Waals surface area contributed by atoms with Gasteiger partial charge < -0.3 is 19.5 Å². The minimum absolute atomic E-state index is 0.0308. The molecule has 1 saturated heterocycles. The van der Waals surface area contributed by atoms with Crippen molar-refractivity contribution < 1.29 is 19.0 Å². The average Bonchev–Trinajstić information content (AvgIpc) is 3.15. The molecule has 0 spiro atoms. The summed E-state index contributed by atoms with van der Waals surface area (Å²) >= 11 is 1.52. The van der Waals surface area contributed by atoms with Crippen LogP contribution in [-0.2, 0) is 14.3 Å². The van der Waals surface area contributed by atoms with Crippen molar-refractivity contribution in [3.05, 3.63) is 36.0 Å². The van der Waals surface area contributed by atoms with Gasteiger partial charge in [0.25, 0.3) is 0 Å². The number of carbonyl (C=O) groups is 1. The van der Waals surface area contributed by atoms with Gasteiger partial charge in [-0.15, -0.1) is 11.3 Å². The number of nitrogens with zero attached hydrogens (tertiary/aromatic N) is 2. The quantitative estimate of drug-likeness (QED) is 0.630. The van der Waals surface area contributed by atoms with Gasteiger partial charge in [-0.1, -0.05) is 0 Å². The summed E-state index contributed by atoms with van der Waals surface area (Å²) in [5.41, 5.74) is 4.08. The highest BCUT2D eigenvalue weighted by Gasteiger charge is 2.26. The summed E-state index contributed by atoms with van der Waals surface area (Å²) in [5.74, 6) is 0.588. The Hall–Kier alpha value is -2.55. The Bertz CT molecular complexity index is 942. The van der Waals surface area contributed by atoms with Gasteiger partial charge in [0.1, 0.15) is 12.4 Å². The molecule has 4 rings (SSSR count). The van der Waals surface area contributed by atoms with E-state index in [1.54, 1.807) is 18.8 Å². The molecule has 1 aliphatic rings. The average molecular weight is 385 g/mol. The normalized spacial score (nSPS) is 14.1. The van der Waals surface area contributed by atoms with E-state index in [-0.39, 0.29) is 11.8 Å². The molecule has 1 aliphatic heterocycles. The van der Waals surface area contributed by atoms with Crippen LogP contribution < -0.4 is 10.1 Å². The highest BCUT2D eigenvalue weighted by Crippen LogP contribution is 2.33. The van der Waals surface area contributed by atoms with Crippen LogP contribution in [-0.4, -0.2) is 49.4 Å². The Labute approximate surface area is 160 Å². The lowest BCUT2D eigenvalue weighted by Crippen LogP contribution is -2.38. The molecule has 7 nitrogen and oxygen atoms in total. The van der Waals surface area contributed by atoms with Crippen LogP contribution in [0.5, 0.6) is 5.75 Å². The maximum absolute atomic E-state index is 12.2. The molecule has 1 fully saturated rings. The predicted molar refractivity (Wildman–Crippen MR) is 103 cm³/mol. The molecule has 8 heteroatoms. The van der Waals surface area contributed by atoms with Crippen molar-refractivity contribution in [3.8, 4) is 16.3 Å². The number of fused-ring (bicyclic) bond motifs is 1. The number of ether oxygens (including phenoxy) is 3. The van der Waals surface area contributed by atoms with Crippen LogP contribution in [0.1, 0.15) is 0 Å². The molecule has 27 heavy (non-hydrogen) atoms. The summed E-state index contributed by atoms with van der Waals surface area (Å²) < 4.78 is 16.1. The smallest absolute Gasteiger partial charge is 0.232 e. The Kier molecular flexibility index (Phi) is 5.28. The third-order valence-corrected chi connectivity index (χ3v) is 5.07. The molecule has 1 N–H and O–H groups in total. The van der Waals surface area contributed by atoms with E-state index >= 15 is 0 Å². The zero-order valence-corrected chi connectivity index (χ0v) is 15.6.